The summed E-state index contributed by atoms with van der Waals surface area (Å²) in [5, 5.41) is 16.3. The van der Waals surface area contributed by atoms with Gasteiger partial charge in [0, 0.05) is 36.5 Å². The summed E-state index contributed by atoms with van der Waals surface area (Å²) in [7, 11) is 0. The van der Waals surface area contributed by atoms with E-state index in [0.29, 0.717) is 38.8 Å². The van der Waals surface area contributed by atoms with E-state index in [1.54, 1.807) is 6.20 Å². The molecule has 1 aliphatic rings. The fraction of sp³-hybridized carbons (Fsp3) is 0.419. The molecule has 4 unspecified atom stereocenters. The highest BCUT2D eigenvalue weighted by Crippen LogP contribution is 2.21. The van der Waals surface area contributed by atoms with E-state index in [0.717, 1.165) is 28.5 Å². The maximum atomic E-state index is 13.9. The van der Waals surface area contributed by atoms with Gasteiger partial charge in [0.15, 0.2) is 0 Å². The molecular weight excluding hydrogens is 536 g/mol. The smallest absolute Gasteiger partial charge is 0.326 e. The monoisotopic (exact) mass is 576 g/mol. The number of carbonyl (C=O) groups excluding carboxylic acids is 3. The van der Waals surface area contributed by atoms with E-state index in [2.05, 4.69) is 15.6 Å². The number of nitrogens with one attached hydrogen (secondary N) is 3. The topological polar surface area (TPSA) is 184 Å². The molecule has 8 N–H and O–H groups in total. The molecule has 1 aromatic heterocycles. The number of likely N-dealkylation sites (tertiary alicyclic amines) is 1. The Morgan fingerprint density at radius 3 is 2.40 bits per heavy atom. The molecule has 0 bridgehead atoms. The molecule has 3 amide bonds. The lowest BCUT2D eigenvalue weighted by molar-refractivity contribution is -0.149. The van der Waals surface area contributed by atoms with Crippen LogP contribution in [0.3, 0.4) is 0 Å². The quantitative estimate of drug-likeness (QED) is 0.157. The lowest BCUT2D eigenvalue weighted by Gasteiger charge is -2.29. The summed E-state index contributed by atoms with van der Waals surface area (Å²) in [6, 6.07) is 13.0. The summed E-state index contributed by atoms with van der Waals surface area (Å²) in [6.07, 6.45) is 4.88. The number of carboxylic acids is 1. The number of aliphatic carboxylic acids is 1. The predicted molar refractivity (Wildman–Crippen MR) is 159 cm³/mol. The maximum Gasteiger partial charge on any atom is 0.326 e. The van der Waals surface area contributed by atoms with Crippen molar-refractivity contribution in [1.29, 1.82) is 0 Å². The molecule has 224 valence electrons. The number of fused-ring (bicyclic) bond motifs is 1. The van der Waals surface area contributed by atoms with Gasteiger partial charge < -0.3 is 37.1 Å². The molecule has 11 heteroatoms. The maximum absolute atomic E-state index is 13.9. The first-order valence-electron chi connectivity index (χ1n) is 14.5. The lowest BCUT2D eigenvalue weighted by atomic mass is 10.0. The molecular formula is C31H40N6O5. The van der Waals surface area contributed by atoms with Crippen LogP contribution in [0.1, 0.15) is 43.2 Å². The SMILES string of the molecule is NCCCCC(N)C(=O)NC(Cc1c[nH]c2ccccc12)C(=O)NC(Cc1ccccc1)C(=O)N1CCCC1C(=O)O. The number of unbranched alkanes of at least 4 members (excludes halogenated alkanes) is 1. The van der Waals surface area contributed by atoms with Crippen molar-refractivity contribution in [3.8, 4) is 0 Å². The molecule has 0 radical (unpaired) electrons. The molecule has 1 saturated heterocycles. The first-order valence-corrected chi connectivity index (χ1v) is 14.5. The van der Waals surface area contributed by atoms with Crippen molar-refractivity contribution in [1.82, 2.24) is 20.5 Å². The van der Waals surface area contributed by atoms with Crippen LogP contribution in [-0.2, 0) is 32.0 Å². The van der Waals surface area contributed by atoms with Gasteiger partial charge in [-0.15, -0.1) is 0 Å². The number of carboxylic acid groups (broad SMARTS) is 1. The van der Waals surface area contributed by atoms with Crippen molar-refractivity contribution >= 4 is 34.6 Å². The number of hydrogen-bond donors (Lipinski definition) is 6. The third-order valence-corrected chi connectivity index (χ3v) is 7.76. The Morgan fingerprint density at radius 1 is 0.952 bits per heavy atom. The first kappa shape index (κ1) is 30.7. The van der Waals surface area contributed by atoms with Gasteiger partial charge in [-0.05, 0) is 49.4 Å². The van der Waals surface area contributed by atoms with Crippen LogP contribution in [0.25, 0.3) is 10.9 Å². The third kappa shape index (κ3) is 7.74. The van der Waals surface area contributed by atoms with E-state index in [9.17, 15) is 24.3 Å². The predicted octanol–water partition coefficient (Wildman–Crippen LogP) is 1.45. The zero-order valence-corrected chi connectivity index (χ0v) is 23.6. The number of benzene rings is 2. The van der Waals surface area contributed by atoms with Gasteiger partial charge in [-0.2, -0.15) is 0 Å². The Balaban J connectivity index is 1.59. The summed E-state index contributed by atoms with van der Waals surface area (Å²) in [4.78, 5) is 57.0. The molecule has 1 fully saturated rings. The second kappa shape index (κ2) is 14.6. The lowest BCUT2D eigenvalue weighted by Crippen LogP contribution is -2.58. The summed E-state index contributed by atoms with van der Waals surface area (Å²) in [6.45, 7) is 0.792. The van der Waals surface area contributed by atoms with E-state index in [1.165, 1.54) is 4.90 Å². The van der Waals surface area contributed by atoms with Crippen molar-refractivity contribution in [2.75, 3.05) is 13.1 Å². The van der Waals surface area contributed by atoms with Gasteiger partial charge in [-0.25, -0.2) is 4.79 Å². The summed E-state index contributed by atoms with van der Waals surface area (Å²) >= 11 is 0. The number of carbonyl (C=O) groups is 4. The molecule has 3 aromatic rings. The van der Waals surface area contributed by atoms with Gasteiger partial charge in [0.2, 0.25) is 17.7 Å². The van der Waals surface area contributed by atoms with Gasteiger partial charge >= 0.3 is 5.97 Å². The largest absolute Gasteiger partial charge is 0.480 e. The number of aromatic amines is 1. The van der Waals surface area contributed by atoms with Crippen LogP contribution in [0.15, 0.2) is 60.8 Å². The Morgan fingerprint density at radius 2 is 1.67 bits per heavy atom. The van der Waals surface area contributed by atoms with Gasteiger partial charge in [0.05, 0.1) is 6.04 Å². The second-order valence-corrected chi connectivity index (χ2v) is 10.8. The molecule has 4 atom stereocenters. The van der Waals surface area contributed by atoms with Gasteiger partial charge in [-0.3, -0.25) is 14.4 Å². The Kier molecular flexibility index (Phi) is 10.7. The Bertz CT molecular complexity index is 1380. The normalized spacial score (nSPS) is 17.0. The molecule has 0 saturated carbocycles. The zero-order valence-electron chi connectivity index (χ0n) is 23.6. The minimum Gasteiger partial charge on any atom is -0.480 e. The highest BCUT2D eigenvalue weighted by atomic mass is 16.4. The summed E-state index contributed by atoms with van der Waals surface area (Å²) in [5.41, 5.74) is 14.2. The molecule has 2 aromatic carbocycles. The Hall–Kier alpha value is -4.22. The van der Waals surface area contributed by atoms with Crippen molar-refractivity contribution in [3.05, 3.63) is 71.9 Å². The molecule has 42 heavy (non-hydrogen) atoms. The number of para-hydroxylation sites is 1. The van der Waals surface area contributed by atoms with Crippen LogP contribution in [0.2, 0.25) is 0 Å². The van der Waals surface area contributed by atoms with Crippen molar-refractivity contribution < 1.29 is 24.3 Å². The van der Waals surface area contributed by atoms with Crippen LogP contribution in [-0.4, -0.2) is 75.9 Å². The highest BCUT2D eigenvalue weighted by molar-refractivity contribution is 5.95. The van der Waals surface area contributed by atoms with Crippen LogP contribution in [0.5, 0.6) is 0 Å². The van der Waals surface area contributed by atoms with E-state index in [4.69, 9.17) is 11.5 Å². The van der Waals surface area contributed by atoms with E-state index in [1.807, 2.05) is 54.6 Å². The number of nitrogens with zero attached hydrogens (tertiary/aromatic N) is 1. The number of amides is 3. The highest BCUT2D eigenvalue weighted by Gasteiger charge is 2.38. The van der Waals surface area contributed by atoms with Gasteiger partial charge in [-0.1, -0.05) is 55.0 Å². The number of aromatic nitrogens is 1. The third-order valence-electron chi connectivity index (χ3n) is 7.76. The number of H-pyrrole nitrogens is 1. The summed E-state index contributed by atoms with van der Waals surface area (Å²) in [5.74, 6) is -2.56. The number of rotatable bonds is 14. The fourth-order valence-corrected chi connectivity index (χ4v) is 5.46. The van der Waals surface area contributed by atoms with Crippen molar-refractivity contribution in [2.24, 2.45) is 11.5 Å². The Labute approximate surface area is 245 Å². The van der Waals surface area contributed by atoms with Crippen molar-refractivity contribution in [3.63, 3.8) is 0 Å². The van der Waals surface area contributed by atoms with E-state index < -0.39 is 47.9 Å². The minimum atomic E-state index is -1.07. The molecule has 1 aliphatic heterocycles. The van der Waals surface area contributed by atoms with Crippen LogP contribution in [0, 0.1) is 0 Å². The number of nitrogens with two attached hydrogens (primary N) is 2. The first-order chi connectivity index (χ1) is 20.3. The van der Waals surface area contributed by atoms with Crippen molar-refractivity contribution in [2.45, 2.75) is 69.1 Å². The minimum absolute atomic E-state index is 0.158. The van der Waals surface area contributed by atoms with Crippen LogP contribution in [0.4, 0.5) is 0 Å². The standard InChI is InChI=1S/C31H40N6O5/c32-15-7-6-12-23(33)28(38)35-25(18-21-19-34-24-13-5-4-11-22(21)24)29(39)36-26(17-20-9-2-1-3-10-20)30(40)37-16-8-14-27(37)31(41)42/h1-5,9-11,13,19,23,25-27,34H,6-8,12,14-18,32-33H2,(H,35,38)(H,36,39)(H,41,42). The van der Waals surface area contributed by atoms with Gasteiger partial charge in [0.1, 0.15) is 18.1 Å². The number of hydrogen-bond acceptors (Lipinski definition) is 6. The molecule has 11 nitrogen and oxygen atoms in total. The van der Waals surface area contributed by atoms with E-state index in [-0.39, 0.29) is 12.8 Å². The average molecular weight is 577 g/mol. The molecule has 2 heterocycles. The molecule has 0 spiro atoms. The summed E-state index contributed by atoms with van der Waals surface area (Å²) < 4.78 is 0. The second-order valence-electron chi connectivity index (χ2n) is 10.8. The average Bonchev–Trinajstić information content (AvgIpc) is 3.64. The van der Waals surface area contributed by atoms with Crippen LogP contribution >= 0.6 is 0 Å². The van der Waals surface area contributed by atoms with Gasteiger partial charge in [0.25, 0.3) is 0 Å². The molecule has 4 rings (SSSR count). The zero-order chi connectivity index (χ0) is 30.1. The van der Waals surface area contributed by atoms with E-state index >= 15 is 0 Å². The fourth-order valence-electron chi connectivity index (χ4n) is 5.46. The molecule has 0 aliphatic carbocycles. The van der Waals surface area contributed by atoms with Crippen LogP contribution < -0.4 is 22.1 Å².